The molecule has 0 saturated heterocycles. The van der Waals surface area contributed by atoms with E-state index < -0.39 is 17.3 Å². The minimum atomic E-state index is -1.11. The number of hydrogen-bond acceptors (Lipinski definition) is 3. The minimum absolute atomic E-state index is 0.133. The van der Waals surface area contributed by atoms with Crippen molar-refractivity contribution in [3.05, 3.63) is 29.6 Å². The highest BCUT2D eigenvalue weighted by Crippen LogP contribution is 2.36. The van der Waals surface area contributed by atoms with Crippen LogP contribution in [0.3, 0.4) is 0 Å². The van der Waals surface area contributed by atoms with Crippen LogP contribution in [0.5, 0.6) is 0 Å². The van der Waals surface area contributed by atoms with Crippen molar-refractivity contribution >= 4 is 11.7 Å². The molecule has 0 heterocycles. The first-order valence-corrected chi connectivity index (χ1v) is 6.69. The van der Waals surface area contributed by atoms with Crippen molar-refractivity contribution in [3.8, 4) is 6.07 Å². The zero-order valence-corrected chi connectivity index (χ0v) is 11.3. The maximum atomic E-state index is 13.6. The molecule has 4 nitrogen and oxygen atoms in total. The van der Waals surface area contributed by atoms with Gasteiger partial charge in [-0.25, -0.2) is 9.18 Å². The Morgan fingerprint density at radius 3 is 2.95 bits per heavy atom. The number of rotatable bonds is 3. The summed E-state index contributed by atoms with van der Waals surface area (Å²) in [6.45, 7) is 2.01. The van der Waals surface area contributed by atoms with Crippen LogP contribution in [0, 0.1) is 23.1 Å². The topological polar surface area (TPSA) is 73.1 Å². The molecule has 5 heteroatoms. The number of nitrogens with zero attached hydrogens (tertiary/aromatic N) is 1. The van der Waals surface area contributed by atoms with Gasteiger partial charge in [-0.1, -0.05) is 25.8 Å². The lowest BCUT2D eigenvalue weighted by molar-refractivity contribution is -0.144. The molecule has 0 aromatic heterocycles. The fraction of sp³-hybridized carbons (Fsp3) is 0.467. The first-order chi connectivity index (χ1) is 9.48. The highest BCUT2D eigenvalue weighted by molar-refractivity contribution is 5.83. The van der Waals surface area contributed by atoms with Crippen LogP contribution < -0.4 is 5.32 Å². The van der Waals surface area contributed by atoms with Gasteiger partial charge in [0, 0.05) is 0 Å². The highest BCUT2D eigenvalue weighted by atomic mass is 19.1. The Morgan fingerprint density at radius 2 is 2.35 bits per heavy atom. The summed E-state index contributed by atoms with van der Waals surface area (Å²) in [7, 11) is 0. The van der Waals surface area contributed by atoms with Crippen molar-refractivity contribution in [1.29, 1.82) is 5.26 Å². The van der Waals surface area contributed by atoms with Crippen LogP contribution in [0.25, 0.3) is 0 Å². The first-order valence-electron chi connectivity index (χ1n) is 6.69. The van der Waals surface area contributed by atoms with Gasteiger partial charge in [0.1, 0.15) is 23.0 Å². The van der Waals surface area contributed by atoms with Gasteiger partial charge in [-0.15, -0.1) is 0 Å². The number of anilines is 1. The van der Waals surface area contributed by atoms with E-state index in [-0.39, 0.29) is 17.2 Å². The second-order valence-corrected chi connectivity index (χ2v) is 5.49. The number of carboxylic acid groups (broad SMARTS) is 1. The van der Waals surface area contributed by atoms with Crippen LogP contribution in [-0.4, -0.2) is 16.6 Å². The summed E-state index contributed by atoms with van der Waals surface area (Å²) >= 11 is 0. The van der Waals surface area contributed by atoms with E-state index in [2.05, 4.69) is 5.32 Å². The van der Waals surface area contributed by atoms with Crippen molar-refractivity contribution in [3.63, 3.8) is 0 Å². The maximum Gasteiger partial charge on any atom is 0.329 e. The zero-order chi connectivity index (χ0) is 14.8. The first kappa shape index (κ1) is 14.3. The molecular weight excluding hydrogens is 259 g/mol. The molecule has 2 atom stereocenters. The Morgan fingerprint density at radius 1 is 1.60 bits per heavy atom. The molecule has 2 N–H and O–H groups in total. The molecule has 2 unspecified atom stereocenters. The van der Waals surface area contributed by atoms with Gasteiger partial charge in [0.25, 0.3) is 0 Å². The van der Waals surface area contributed by atoms with Gasteiger partial charge in [0.15, 0.2) is 0 Å². The SMILES string of the molecule is CC1CCCC(Nc2cccc(F)c2C#N)(C(=O)O)C1. The Kier molecular flexibility index (Phi) is 3.93. The Balaban J connectivity index is 2.37. The van der Waals surface area contributed by atoms with E-state index in [4.69, 9.17) is 5.26 Å². The van der Waals surface area contributed by atoms with Gasteiger partial charge in [0.05, 0.1) is 5.69 Å². The molecule has 106 valence electrons. The third kappa shape index (κ3) is 2.60. The standard InChI is InChI=1S/C15H17FN2O2/c1-10-4-3-7-15(8-10,14(19)20)18-13-6-2-5-12(16)11(13)9-17/h2,5-6,10,18H,3-4,7-8H2,1H3,(H,19,20). The molecular formula is C15H17FN2O2. The molecule has 0 aliphatic heterocycles. The van der Waals surface area contributed by atoms with Crippen molar-refractivity contribution < 1.29 is 14.3 Å². The van der Waals surface area contributed by atoms with Crippen LogP contribution >= 0.6 is 0 Å². The van der Waals surface area contributed by atoms with Gasteiger partial charge in [0.2, 0.25) is 0 Å². The van der Waals surface area contributed by atoms with E-state index in [9.17, 15) is 14.3 Å². The van der Waals surface area contributed by atoms with Crippen LogP contribution in [0.4, 0.5) is 10.1 Å². The Bertz CT molecular complexity index is 567. The van der Waals surface area contributed by atoms with Gasteiger partial charge < -0.3 is 10.4 Å². The van der Waals surface area contributed by atoms with Crippen molar-refractivity contribution in [2.75, 3.05) is 5.32 Å². The van der Waals surface area contributed by atoms with E-state index in [0.717, 1.165) is 12.8 Å². The molecule has 1 fully saturated rings. The summed E-state index contributed by atoms with van der Waals surface area (Å²) < 4.78 is 13.6. The van der Waals surface area contributed by atoms with Gasteiger partial charge in [-0.2, -0.15) is 5.26 Å². The molecule has 1 aliphatic carbocycles. The molecule has 1 aliphatic rings. The Labute approximate surface area is 117 Å². The fourth-order valence-corrected chi connectivity index (χ4v) is 2.91. The number of nitrogens with one attached hydrogen (secondary N) is 1. The van der Waals surface area contributed by atoms with Crippen molar-refractivity contribution in [2.45, 2.75) is 38.1 Å². The highest BCUT2D eigenvalue weighted by Gasteiger charge is 2.42. The molecule has 0 spiro atoms. The van der Waals surface area contributed by atoms with Crippen LogP contribution in [0.1, 0.15) is 38.2 Å². The fourth-order valence-electron chi connectivity index (χ4n) is 2.91. The number of nitriles is 1. The Hall–Kier alpha value is -2.09. The van der Waals surface area contributed by atoms with E-state index in [1.807, 2.05) is 6.92 Å². The monoisotopic (exact) mass is 276 g/mol. The van der Waals surface area contributed by atoms with E-state index >= 15 is 0 Å². The number of halogens is 1. The number of carbonyl (C=O) groups is 1. The van der Waals surface area contributed by atoms with Crippen molar-refractivity contribution in [2.24, 2.45) is 5.92 Å². The predicted molar refractivity (Wildman–Crippen MR) is 72.7 cm³/mol. The second kappa shape index (κ2) is 5.49. The number of hydrogen-bond donors (Lipinski definition) is 2. The smallest absolute Gasteiger partial charge is 0.329 e. The second-order valence-electron chi connectivity index (χ2n) is 5.49. The summed E-state index contributed by atoms with van der Waals surface area (Å²) in [5.41, 5.74) is -0.993. The molecule has 2 rings (SSSR count). The van der Waals surface area contributed by atoms with Crippen LogP contribution in [-0.2, 0) is 4.79 Å². The van der Waals surface area contributed by atoms with Gasteiger partial charge in [-0.05, 0) is 30.9 Å². The summed E-state index contributed by atoms with van der Waals surface area (Å²) in [4.78, 5) is 11.7. The molecule has 1 aromatic carbocycles. The predicted octanol–water partition coefficient (Wildman–Crippen LogP) is 3.14. The lowest BCUT2D eigenvalue weighted by atomic mass is 9.76. The molecule has 0 amide bonds. The summed E-state index contributed by atoms with van der Waals surface area (Å²) in [6, 6.07) is 6.01. The third-order valence-corrected chi connectivity index (χ3v) is 3.91. The lowest BCUT2D eigenvalue weighted by Gasteiger charge is -2.38. The molecule has 1 aromatic rings. The van der Waals surface area contributed by atoms with Crippen LogP contribution in [0.2, 0.25) is 0 Å². The van der Waals surface area contributed by atoms with Gasteiger partial charge >= 0.3 is 5.97 Å². The quantitative estimate of drug-likeness (QED) is 0.889. The summed E-state index contributed by atoms with van der Waals surface area (Å²) in [6.07, 6.45) is 2.75. The van der Waals surface area contributed by atoms with Gasteiger partial charge in [-0.3, -0.25) is 0 Å². The van der Waals surface area contributed by atoms with E-state index in [1.54, 1.807) is 12.1 Å². The number of benzene rings is 1. The average molecular weight is 276 g/mol. The maximum absolute atomic E-state index is 13.6. The van der Waals surface area contributed by atoms with E-state index in [0.29, 0.717) is 12.8 Å². The van der Waals surface area contributed by atoms with E-state index in [1.165, 1.54) is 12.1 Å². The third-order valence-electron chi connectivity index (χ3n) is 3.91. The minimum Gasteiger partial charge on any atom is -0.480 e. The average Bonchev–Trinajstić information content (AvgIpc) is 2.39. The summed E-state index contributed by atoms with van der Waals surface area (Å²) in [5.74, 6) is -1.30. The number of aliphatic carboxylic acids is 1. The lowest BCUT2D eigenvalue weighted by Crippen LogP contribution is -2.49. The molecule has 20 heavy (non-hydrogen) atoms. The zero-order valence-electron chi connectivity index (χ0n) is 11.3. The number of carboxylic acids is 1. The van der Waals surface area contributed by atoms with Crippen molar-refractivity contribution in [1.82, 2.24) is 0 Å². The molecule has 1 saturated carbocycles. The normalized spacial score (nSPS) is 25.8. The summed E-state index contributed by atoms with van der Waals surface area (Å²) in [5, 5.41) is 21.5. The molecule has 0 radical (unpaired) electrons. The van der Waals surface area contributed by atoms with Crippen LogP contribution in [0.15, 0.2) is 18.2 Å². The largest absolute Gasteiger partial charge is 0.480 e. The molecule has 0 bridgehead atoms.